The molecule has 0 spiro atoms. The fraction of sp³-hybridized carbons (Fsp3) is 0.786. The molecule has 2 aliphatic carbocycles. The highest BCUT2D eigenvalue weighted by atomic mass is 32.2. The van der Waals surface area contributed by atoms with Crippen LogP contribution >= 0.6 is 0 Å². The largest absolute Gasteiger partial charge is 0.355 e. The fourth-order valence-corrected chi connectivity index (χ4v) is 3.45. The van der Waals surface area contributed by atoms with Gasteiger partial charge in [-0.3, -0.25) is 4.99 Å². The Kier molecular flexibility index (Phi) is 6.05. The van der Waals surface area contributed by atoms with E-state index in [9.17, 15) is 8.42 Å². The van der Waals surface area contributed by atoms with Crippen LogP contribution in [-0.2, 0) is 10.0 Å². The Balaban J connectivity index is 1.63. The van der Waals surface area contributed by atoms with Gasteiger partial charge in [-0.25, -0.2) is 13.1 Å². The molecule has 0 heterocycles. The number of sulfonamides is 1. The number of rotatable bonds is 7. The second-order valence-corrected chi connectivity index (χ2v) is 7.67. The third-order valence-corrected chi connectivity index (χ3v) is 5.40. The summed E-state index contributed by atoms with van der Waals surface area (Å²) in [4.78, 5) is 4.12. The lowest BCUT2D eigenvalue weighted by Gasteiger charge is -2.25. The van der Waals surface area contributed by atoms with Crippen molar-refractivity contribution in [2.45, 2.75) is 38.1 Å². The highest BCUT2D eigenvalue weighted by Gasteiger charge is 2.20. The molecule has 2 rings (SSSR count). The maximum atomic E-state index is 11.9. The van der Waals surface area contributed by atoms with E-state index < -0.39 is 10.0 Å². The number of aliphatic imine (C=N–C) groups is 1. The fourth-order valence-electron chi connectivity index (χ4n) is 2.44. The van der Waals surface area contributed by atoms with Gasteiger partial charge in [-0.15, -0.1) is 0 Å². The van der Waals surface area contributed by atoms with E-state index in [1.54, 1.807) is 7.05 Å². The van der Waals surface area contributed by atoms with Crippen molar-refractivity contribution in [3.05, 3.63) is 12.2 Å². The van der Waals surface area contributed by atoms with E-state index in [4.69, 9.17) is 0 Å². The lowest BCUT2D eigenvalue weighted by atomic mass is 9.86. The van der Waals surface area contributed by atoms with Gasteiger partial charge >= 0.3 is 0 Å². The van der Waals surface area contributed by atoms with Crippen LogP contribution in [0, 0.1) is 5.92 Å². The molecule has 7 heteroatoms. The molecule has 2 aliphatic rings. The zero-order valence-corrected chi connectivity index (χ0v) is 13.5. The molecule has 0 saturated heterocycles. The molecule has 1 saturated carbocycles. The molecule has 1 fully saturated rings. The molecule has 0 amide bonds. The van der Waals surface area contributed by atoms with Gasteiger partial charge in [0.15, 0.2) is 5.96 Å². The van der Waals surface area contributed by atoms with Crippen molar-refractivity contribution in [3.63, 3.8) is 0 Å². The average Bonchev–Trinajstić information content (AvgIpc) is 2.88. The summed E-state index contributed by atoms with van der Waals surface area (Å²) in [5.41, 5.74) is 0. The Bertz CT molecular complexity index is 475. The second kappa shape index (κ2) is 7.79. The SMILES string of the molecule is CN=C(NCCS(=O)(=O)NCC1CCC1)NC1CC=CC1. The molecule has 0 aromatic heterocycles. The Labute approximate surface area is 127 Å². The number of nitrogens with zero attached hydrogens (tertiary/aromatic N) is 1. The predicted octanol–water partition coefficient (Wildman–Crippen LogP) is 0.590. The number of guanidine groups is 1. The monoisotopic (exact) mass is 314 g/mol. The average molecular weight is 314 g/mol. The Morgan fingerprint density at radius 1 is 1.29 bits per heavy atom. The highest BCUT2D eigenvalue weighted by molar-refractivity contribution is 7.89. The van der Waals surface area contributed by atoms with Crippen molar-refractivity contribution in [1.82, 2.24) is 15.4 Å². The third-order valence-electron chi connectivity index (χ3n) is 4.05. The van der Waals surface area contributed by atoms with Crippen LogP contribution in [-0.4, -0.2) is 46.3 Å². The molecule has 0 aliphatic heterocycles. The quantitative estimate of drug-likeness (QED) is 0.365. The molecule has 0 unspecified atom stereocenters. The maximum Gasteiger partial charge on any atom is 0.213 e. The molecule has 21 heavy (non-hydrogen) atoms. The minimum absolute atomic E-state index is 0.0728. The minimum atomic E-state index is -3.19. The minimum Gasteiger partial charge on any atom is -0.355 e. The van der Waals surface area contributed by atoms with Crippen molar-refractivity contribution in [1.29, 1.82) is 0 Å². The van der Waals surface area contributed by atoms with Crippen molar-refractivity contribution in [2.24, 2.45) is 10.9 Å². The van der Waals surface area contributed by atoms with Gasteiger partial charge in [0.2, 0.25) is 10.0 Å². The summed E-state index contributed by atoms with van der Waals surface area (Å²) in [6, 6.07) is 0.365. The first-order chi connectivity index (χ1) is 10.1. The molecule has 120 valence electrons. The predicted molar refractivity (Wildman–Crippen MR) is 85.8 cm³/mol. The zero-order valence-electron chi connectivity index (χ0n) is 12.6. The van der Waals surface area contributed by atoms with Gasteiger partial charge in [-0.1, -0.05) is 18.6 Å². The number of hydrogen-bond donors (Lipinski definition) is 3. The lowest BCUT2D eigenvalue weighted by molar-refractivity contribution is 0.316. The zero-order chi connectivity index (χ0) is 15.1. The van der Waals surface area contributed by atoms with Gasteiger partial charge in [0, 0.05) is 26.2 Å². The number of hydrogen-bond acceptors (Lipinski definition) is 3. The van der Waals surface area contributed by atoms with Crippen LogP contribution in [0.25, 0.3) is 0 Å². The molecular formula is C14H26N4O2S. The van der Waals surface area contributed by atoms with Crippen molar-refractivity contribution >= 4 is 16.0 Å². The van der Waals surface area contributed by atoms with Gasteiger partial charge in [0.25, 0.3) is 0 Å². The van der Waals surface area contributed by atoms with E-state index in [1.807, 2.05) is 0 Å². The van der Waals surface area contributed by atoms with Crippen LogP contribution in [0.3, 0.4) is 0 Å². The van der Waals surface area contributed by atoms with E-state index in [1.165, 1.54) is 6.42 Å². The van der Waals surface area contributed by atoms with Crippen LogP contribution in [0.4, 0.5) is 0 Å². The van der Waals surface area contributed by atoms with Crippen molar-refractivity contribution < 1.29 is 8.42 Å². The lowest BCUT2D eigenvalue weighted by Crippen LogP contribution is -2.45. The van der Waals surface area contributed by atoms with Gasteiger partial charge in [-0.2, -0.15) is 0 Å². The van der Waals surface area contributed by atoms with E-state index >= 15 is 0 Å². The van der Waals surface area contributed by atoms with E-state index in [0.29, 0.717) is 31.0 Å². The molecular weight excluding hydrogens is 288 g/mol. The normalized spacial score (nSPS) is 20.5. The summed E-state index contributed by atoms with van der Waals surface area (Å²) in [6.45, 7) is 0.947. The Morgan fingerprint density at radius 3 is 2.57 bits per heavy atom. The van der Waals surface area contributed by atoms with Gasteiger partial charge in [0.1, 0.15) is 0 Å². The van der Waals surface area contributed by atoms with Gasteiger partial charge in [0.05, 0.1) is 5.75 Å². The molecule has 3 N–H and O–H groups in total. The Hall–Kier alpha value is -1.08. The first-order valence-corrected chi connectivity index (χ1v) is 9.34. The van der Waals surface area contributed by atoms with Crippen LogP contribution in [0.2, 0.25) is 0 Å². The topological polar surface area (TPSA) is 82.6 Å². The van der Waals surface area contributed by atoms with Crippen LogP contribution in [0.1, 0.15) is 32.1 Å². The molecule has 0 bridgehead atoms. The summed E-state index contributed by atoms with van der Waals surface area (Å²) < 4.78 is 26.4. The van der Waals surface area contributed by atoms with Crippen LogP contribution < -0.4 is 15.4 Å². The molecule has 0 atom stereocenters. The summed E-state index contributed by atoms with van der Waals surface area (Å²) in [5, 5.41) is 6.34. The summed E-state index contributed by atoms with van der Waals surface area (Å²) in [6.07, 6.45) is 9.77. The van der Waals surface area contributed by atoms with Crippen LogP contribution in [0.15, 0.2) is 17.1 Å². The van der Waals surface area contributed by atoms with Crippen molar-refractivity contribution in [2.75, 3.05) is 25.9 Å². The summed E-state index contributed by atoms with van der Waals surface area (Å²) in [7, 11) is -1.50. The second-order valence-electron chi connectivity index (χ2n) is 5.75. The van der Waals surface area contributed by atoms with Gasteiger partial charge < -0.3 is 10.6 Å². The molecule has 0 aromatic rings. The van der Waals surface area contributed by atoms with E-state index in [0.717, 1.165) is 25.7 Å². The van der Waals surface area contributed by atoms with E-state index in [2.05, 4.69) is 32.5 Å². The molecule has 6 nitrogen and oxygen atoms in total. The highest BCUT2D eigenvalue weighted by Crippen LogP contribution is 2.25. The third kappa shape index (κ3) is 5.67. The first kappa shape index (κ1) is 16.3. The van der Waals surface area contributed by atoms with Gasteiger partial charge in [-0.05, 0) is 31.6 Å². The Morgan fingerprint density at radius 2 is 2.00 bits per heavy atom. The summed E-state index contributed by atoms with van der Waals surface area (Å²) in [5.74, 6) is 1.28. The van der Waals surface area contributed by atoms with Crippen LogP contribution in [0.5, 0.6) is 0 Å². The van der Waals surface area contributed by atoms with E-state index in [-0.39, 0.29) is 5.75 Å². The smallest absolute Gasteiger partial charge is 0.213 e. The number of nitrogens with one attached hydrogen (secondary N) is 3. The summed E-state index contributed by atoms with van der Waals surface area (Å²) >= 11 is 0. The van der Waals surface area contributed by atoms with Crippen molar-refractivity contribution in [3.8, 4) is 0 Å². The molecule has 0 aromatic carbocycles. The first-order valence-electron chi connectivity index (χ1n) is 7.68. The standard InChI is InChI=1S/C14H26N4O2S/c1-15-14(18-13-7-2-3-8-13)16-9-10-21(19,20)17-11-12-5-4-6-12/h2-3,12-13,17H,4-11H2,1H3,(H2,15,16,18). The maximum absolute atomic E-state index is 11.9. The molecule has 0 radical (unpaired) electrons.